The summed E-state index contributed by atoms with van der Waals surface area (Å²) in [7, 11) is 0. The zero-order chi connectivity index (χ0) is 11.4. The summed E-state index contributed by atoms with van der Waals surface area (Å²) in [5, 5.41) is 11.7. The van der Waals surface area contributed by atoms with Crippen molar-refractivity contribution in [1.82, 2.24) is 9.97 Å². The van der Waals surface area contributed by atoms with Crippen molar-refractivity contribution in [3.8, 4) is 5.75 Å². The molecule has 1 aromatic carbocycles. The lowest BCUT2D eigenvalue weighted by Crippen LogP contribution is -2.12. The van der Waals surface area contributed by atoms with Crippen LogP contribution in [0.15, 0.2) is 42.9 Å². The zero-order valence-corrected chi connectivity index (χ0v) is 8.29. The number of carbonyl (C=O) groups is 1. The third-order valence-electron chi connectivity index (χ3n) is 1.93. The maximum absolute atomic E-state index is 11.7. The number of hydrogen-bond acceptors (Lipinski definition) is 4. The molecule has 0 aliphatic carbocycles. The Labute approximate surface area is 91.8 Å². The first-order chi connectivity index (χ1) is 7.75. The molecule has 0 unspecified atom stereocenters. The van der Waals surface area contributed by atoms with E-state index in [0.717, 1.165) is 0 Å². The maximum Gasteiger partial charge on any atom is 0.256 e. The highest BCUT2D eigenvalue weighted by molar-refractivity contribution is 6.03. The van der Waals surface area contributed by atoms with Crippen molar-refractivity contribution in [2.75, 3.05) is 5.32 Å². The van der Waals surface area contributed by atoms with E-state index in [1.165, 1.54) is 42.9 Å². The van der Waals surface area contributed by atoms with Crippen LogP contribution in [0, 0.1) is 0 Å². The molecule has 0 saturated heterocycles. The third-order valence-corrected chi connectivity index (χ3v) is 1.93. The number of phenols is 1. The number of aromatic hydroxyl groups is 1. The Hall–Kier alpha value is -2.43. The van der Waals surface area contributed by atoms with E-state index in [-0.39, 0.29) is 11.7 Å². The molecule has 2 aromatic rings. The van der Waals surface area contributed by atoms with E-state index in [1.54, 1.807) is 0 Å². The highest BCUT2D eigenvalue weighted by Crippen LogP contribution is 2.10. The summed E-state index contributed by atoms with van der Waals surface area (Å²) in [6.45, 7) is 0. The van der Waals surface area contributed by atoms with Crippen LogP contribution in [-0.4, -0.2) is 21.0 Å². The van der Waals surface area contributed by atoms with E-state index in [0.29, 0.717) is 11.4 Å². The van der Waals surface area contributed by atoms with Gasteiger partial charge in [0.25, 0.3) is 5.91 Å². The van der Waals surface area contributed by atoms with Gasteiger partial charge in [-0.1, -0.05) is 0 Å². The number of phenolic OH excluding ortho intramolecular Hbond substituents is 1. The van der Waals surface area contributed by atoms with Gasteiger partial charge in [0.1, 0.15) is 5.75 Å². The highest BCUT2D eigenvalue weighted by atomic mass is 16.3. The minimum absolute atomic E-state index is 0.121. The number of aromatic nitrogens is 2. The predicted molar refractivity (Wildman–Crippen MR) is 58.1 cm³/mol. The molecule has 0 bridgehead atoms. The highest BCUT2D eigenvalue weighted by Gasteiger charge is 2.05. The number of nitrogens with one attached hydrogen (secondary N) is 1. The van der Waals surface area contributed by atoms with Crippen LogP contribution in [0.3, 0.4) is 0 Å². The second kappa shape index (κ2) is 4.39. The van der Waals surface area contributed by atoms with Crippen molar-refractivity contribution < 1.29 is 9.90 Å². The second-order valence-corrected chi connectivity index (χ2v) is 3.09. The molecule has 80 valence electrons. The summed E-state index contributed by atoms with van der Waals surface area (Å²) in [5.74, 6) is 0.220. The lowest BCUT2D eigenvalue weighted by Gasteiger charge is -2.03. The Morgan fingerprint density at radius 3 is 2.56 bits per heavy atom. The van der Waals surface area contributed by atoms with Crippen LogP contribution in [0.2, 0.25) is 0 Å². The fraction of sp³-hybridized carbons (Fsp3) is 0. The number of carbonyl (C=O) groups excluding carboxylic acids is 1. The zero-order valence-electron chi connectivity index (χ0n) is 8.29. The summed E-state index contributed by atoms with van der Waals surface area (Å²) in [6.07, 6.45) is 4.47. The van der Waals surface area contributed by atoms with Crippen molar-refractivity contribution in [2.24, 2.45) is 0 Å². The number of rotatable bonds is 2. The minimum atomic E-state index is -0.291. The van der Waals surface area contributed by atoms with Crippen LogP contribution in [0.5, 0.6) is 5.75 Å². The van der Waals surface area contributed by atoms with Crippen LogP contribution >= 0.6 is 0 Å². The number of amides is 1. The van der Waals surface area contributed by atoms with Gasteiger partial charge in [0.2, 0.25) is 0 Å². The molecule has 5 nitrogen and oxygen atoms in total. The van der Waals surface area contributed by atoms with Gasteiger partial charge in [-0.15, -0.1) is 0 Å². The molecule has 0 fully saturated rings. The molecule has 2 rings (SSSR count). The predicted octanol–water partition coefficient (Wildman–Crippen LogP) is 1.43. The SMILES string of the molecule is O=C(Nc1cnccn1)c1ccc(O)cc1. The van der Waals surface area contributed by atoms with Crippen LogP contribution in [0.4, 0.5) is 5.82 Å². The summed E-state index contributed by atoms with van der Waals surface area (Å²) in [5.41, 5.74) is 0.448. The molecule has 0 radical (unpaired) electrons. The Morgan fingerprint density at radius 1 is 1.19 bits per heavy atom. The molecule has 0 aliphatic rings. The number of hydrogen-bond donors (Lipinski definition) is 2. The van der Waals surface area contributed by atoms with Crippen molar-refractivity contribution in [3.63, 3.8) is 0 Å². The van der Waals surface area contributed by atoms with E-state index in [9.17, 15) is 4.79 Å². The van der Waals surface area contributed by atoms with E-state index in [4.69, 9.17) is 5.11 Å². The molecule has 16 heavy (non-hydrogen) atoms. The van der Waals surface area contributed by atoms with E-state index in [1.807, 2.05) is 0 Å². The second-order valence-electron chi connectivity index (χ2n) is 3.09. The monoisotopic (exact) mass is 215 g/mol. The summed E-state index contributed by atoms with van der Waals surface area (Å²) < 4.78 is 0. The smallest absolute Gasteiger partial charge is 0.256 e. The first kappa shape index (κ1) is 10.1. The standard InChI is InChI=1S/C11H9N3O2/c15-9-3-1-8(2-4-9)11(16)14-10-7-12-5-6-13-10/h1-7,15H,(H,13,14,16). The van der Waals surface area contributed by atoms with Crippen molar-refractivity contribution in [2.45, 2.75) is 0 Å². The molecular weight excluding hydrogens is 206 g/mol. The largest absolute Gasteiger partial charge is 0.508 e. The fourth-order valence-electron chi connectivity index (χ4n) is 1.16. The first-order valence-electron chi connectivity index (χ1n) is 4.62. The van der Waals surface area contributed by atoms with Crippen LogP contribution < -0.4 is 5.32 Å². The van der Waals surface area contributed by atoms with E-state index >= 15 is 0 Å². The molecule has 0 aliphatic heterocycles. The Morgan fingerprint density at radius 2 is 1.94 bits per heavy atom. The summed E-state index contributed by atoms with van der Waals surface area (Å²) >= 11 is 0. The Balaban J connectivity index is 2.12. The lowest BCUT2D eigenvalue weighted by molar-refractivity contribution is 0.102. The van der Waals surface area contributed by atoms with Crippen molar-refractivity contribution >= 4 is 11.7 Å². The average Bonchev–Trinajstić information content (AvgIpc) is 2.31. The van der Waals surface area contributed by atoms with Crippen LogP contribution in [-0.2, 0) is 0 Å². The van der Waals surface area contributed by atoms with Crippen LogP contribution in [0.25, 0.3) is 0 Å². The van der Waals surface area contributed by atoms with Gasteiger partial charge in [0.05, 0.1) is 6.20 Å². The minimum Gasteiger partial charge on any atom is -0.508 e. The van der Waals surface area contributed by atoms with E-state index < -0.39 is 0 Å². The van der Waals surface area contributed by atoms with E-state index in [2.05, 4.69) is 15.3 Å². The Bertz CT molecular complexity index is 482. The normalized spacial score (nSPS) is 9.75. The number of nitrogens with zero attached hydrogens (tertiary/aromatic N) is 2. The van der Waals surface area contributed by atoms with Crippen LogP contribution in [0.1, 0.15) is 10.4 Å². The molecule has 0 atom stereocenters. The Kier molecular flexibility index (Phi) is 2.77. The van der Waals surface area contributed by atoms with Gasteiger partial charge in [-0.05, 0) is 24.3 Å². The summed E-state index contributed by atoms with van der Waals surface area (Å²) in [4.78, 5) is 19.4. The lowest BCUT2D eigenvalue weighted by atomic mass is 10.2. The molecule has 0 saturated carbocycles. The van der Waals surface area contributed by atoms with Gasteiger partial charge in [-0.2, -0.15) is 0 Å². The van der Waals surface area contributed by atoms with Gasteiger partial charge < -0.3 is 10.4 Å². The van der Waals surface area contributed by atoms with Gasteiger partial charge in [-0.25, -0.2) is 4.98 Å². The van der Waals surface area contributed by atoms with Gasteiger partial charge in [0.15, 0.2) is 5.82 Å². The molecule has 1 heterocycles. The average molecular weight is 215 g/mol. The van der Waals surface area contributed by atoms with Gasteiger partial charge in [-0.3, -0.25) is 9.78 Å². The quantitative estimate of drug-likeness (QED) is 0.794. The fourth-order valence-corrected chi connectivity index (χ4v) is 1.16. The number of benzene rings is 1. The van der Waals surface area contributed by atoms with Gasteiger partial charge in [0, 0.05) is 18.0 Å². The number of anilines is 1. The molecule has 0 spiro atoms. The van der Waals surface area contributed by atoms with Crippen molar-refractivity contribution in [3.05, 3.63) is 48.4 Å². The first-order valence-corrected chi connectivity index (χ1v) is 4.62. The molecule has 2 N–H and O–H groups in total. The van der Waals surface area contributed by atoms with Crippen molar-refractivity contribution in [1.29, 1.82) is 0 Å². The maximum atomic E-state index is 11.7. The molecule has 1 aromatic heterocycles. The summed E-state index contributed by atoms with van der Waals surface area (Å²) in [6, 6.07) is 5.96. The molecule has 5 heteroatoms. The topological polar surface area (TPSA) is 75.1 Å². The molecule has 1 amide bonds. The molecular formula is C11H9N3O2. The third kappa shape index (κ3) is 2.33. The van der Waals surface area contributed by atoms with Gasteiger partial charge >= 0.3 is 0 Å².